The van der Waals surface area contributed by atoms with Gasteiger partial charge in [-0.1, -0.05) is 51.5 Å². The molecule has 1 aromatic rings. The SMILES string of the molecule is Cc1ccc(C(CCC(C)C)C(=O)O)c(C(CCC(C)C)C(=O)O)c1. The summed E-state index contributed by atoms with van der Waals surface area (Å²) in [6, 6.07) is 5.56. The molecule has 1 rings (SSSR count). The van der Waals surface area contributed by atoms with Crippen LogP contribution in [0.1, 0.15) is 81.9 Å². The average molecular weight is 348 g/mol. The Morgan fingerprint density at radius 1 is 0.800 bits per heavy atom. The molecule has 0 aliphatic rings. The fourth-order valence-electron chi connectivity index (χ4n) is 3.14. The van der Waals surface area contributed by atoms with Gasteiger partial charge in [-0.05, 0) is 55.6 Å². The number of rotatable bonds is 10. The highest BCUT2D eigenvalue weighted by Gasteiger charge is 2.29. The third kappa shape index (κ3) is 6.52. The Morgan fingerprint density at radius 3 is 1.64 bits per heavy atom. The zero-order valence-electron chi connectivity index (χ0n) is 16.1. The summed E-state index contributed by atoms with van der Waals surface area (Å²) in [6.07, 6.45) is 2.65. The summed E-state index contributed by atoms with van der Waals surface area (Å²) in [6.45, 7) is 10.2. The molecule has 25 heavy (non-hydrogen) atoms. The van der Waals surface area contributed by atoms with Crippen LogP contribution in [0.15, 0.2) is 18.2 Å². The molecule has 2 atom stereocenters. The van der Waals surface area contributed by atoms with Crippen molar-refractivity contribution in [3.05, 3.63) is 34.9 Å². The minimum absolute atomic E-state index is 0.409. The summed E-state index contributed by atoms with van der Waals surface area (Å²) in [4.78, 5) is 23.7. The van der Waals surface area contributed by atoms with Gasteiger partial charge in [-0.2, -0.15) is 0 Å². The standard InChI is InChI=1S/C21H32O4/c1-13(2)6-9-17(20(22)23)16-11-8-15(5)12-19(16)18(21(24)25)10-7-14(3)4/h8,11-14,17-18H,6-7,9-10H2,1-5H3,(H,22,23)(H,24,25). The second kappa shape index (κ2) is 9.59. The molecule has 0 radical (unpaired) electrons. The lowest BCUT2D eigenvalue weighted by atomic mass is 9.81. The van der Waals surface area contributed by atoms with Gasteiger partial charge in [-0.15, -0.1) is 0 Å². The molecule has 4 nitrogen and oxygen atoms in total. The number of benzene rings is 1. The molecule has 0 fully saturated rings. The van der Waals surface area contributed by atoms with E-state index < -0.39 is 23.8 Å². The van der Waals surface area contributed by atoms with Crippen LogP contribution < -0.4 is 0 Å². The van der Waals surface area contributed by atoms with Gasteiger partial charge in [-0.3, -0.25) is 9.59 Å². The minimum Gasteiger partial charge on any atom is -0.481 e. The molecule has 140 valence electrons. The zero-order valence-corrected chi connectivity index (χ0v) is 16.1. The van der Waals surface area contributed by atoms with E-state index in [1.165, 1.54) is 0 Å². The van der Waals surface area contributed by atoms with E-state index in [0.29, 0.717) is 35.8 Å². The topological polar surface area (TPSA) is 74.6 Å². The van der Waals surface area contributed by atoms with Crippen LogP contribution in [0.5, 0.6) is 0 Å². The molecular formula is C21H32O4. The number of aryl methyl sites for hydroxylation is 1. The molecule has 0 saturated heterocycles. The largest absolute Gasteiger partial charge is 0.481 e. The molecule has 0 amide bonds. The molecule has 1 aromatic carbocycles. The maximum Gasteiger partial charge on any atom is 0.310 e. The first-order chi connectivity index (χ1) is 11.6. The maximum absolute atomic E-state index is 11.9. The Kier molecular flexibility index (Phi) is 8.14. The van der Waals surface area contributed by atoms with Gasteiger partial charge in [0.25, 0.3) is 0 Å². The van der Waals surface area contributed by atoms with Crippen molar-refractivity contribution in [2.75, 3.05) is 0 Å². The van der Waals surface area contributed by atoms with E-state index in [4.69, 9.17) is 0 Å². The Bertz CT molecular complexity index is 590. The van der Waals surface area contributed by atoms with Gasteiger partial charge in [0.2, 0.25) is 0 Å². The number of hydrogen-bond acceptors (Lipinski definition) is 2. The van der Waals surface area contributed by atoms with Crippen molar-refractivity contribution in [3.8, 4) is 0 Å². The van der Waals surface area contributed by atoms with Gasteiger partial charge < -0.3 is 10.2 Å². The predicted molar refractivity (Wildman–Crippen MR) is 100 cm³/mol. The lowest BCUT2D eigenvalue weighted by Gasteiger charge is -2.23. The number of carboxylic acids is 2. The molecule has 4 heteroatoms. The molecule has 0 heterocycles. The third-order valence-electron chi connectivity index (χ3n) is 4.65. The summed E-state index contributed by atoms with van der Waals surface area (Å²) in [5.41, 5.74) is 2.29. The van der Waals surface area contributed by atoms with Crippen LogP contribution in [-0.2, 0) is 9.59 Å². The van der Waals surface area contributed by atoms with Gasteiger partial charge in [-0.25, -0.2) is 0 Å². The van der Waals surface area contributed by atoms with Crippen LogP contribution >= 0.6 is 0 Å². The lowest BCUT2D eigenvalue weighted by Crippen LogP contribution is -2.20. The Labute approximate surface area is 151 Å². The smallest absolute Gasteiger partial charge is 0.310 e. The second-order valence-corrected chi connectivity index (χ2v) is 7.86. The van der Waals surface area contributed by atoms with E-state index in [2.05, 4.69) is 27.7 Å². The van der Waals surface area contributed by atoms with Crippen molar-refractivity contribution in [1.82, 2.24) is 0 Å². The second-order valence-electron chi connectivity index (χ2n) is 7.86. The molecule has 0 bridgehead atoms. The van der Waals surface area contributed by atoms with E-state index in [0.717, 1.165) is 18.4 Å². The van der Waals surface area contributed by atoms with Crippen molar-refractivity contribution in [2.24, 2.45) is 11.8 Å². The molecule has 0 aliphatic carbocycles. The molecule has 0 aromatic heterocycles. The number of carboxylic acid groups (broad SMARTS) is 2. The van der Waals surface area contributed by atoms with Gasteiger partial charge in [0.15, 0.2) is 0 Å². The normalized spacial score (nSPS) is 13.9. The Balaban J connectivity index is 3.30. The summed E-state index contributed by atoms with van der Waals surface area (Å²) in [7, 11) is 0. The van der Waals surface area contributed by atoms with Gasteiger partial charge in [0.05, 0.1) is 11.8 Å². The maximum atomic E-state index is 11.9. The first-order valence-corrected chi connectivity index (χ1v) is 9.19. The highest BCUT2D eigenvalue weighted by atomic mass is 16.4. The predicted octanol–water partition coefficient (Wildman–Crippen LogP) is 5.20. The van der Waals surface area contributed by atoms with E-state index >= 15 is 0 Å². The van der Waals surface area contributed by atoms with Crippen molar-refractivity contribution in [1.29, 1.82) is 0 Å². The van der Waals surface area contributed by atoms with Gasteiger partial charge >= 0.3 is 11.9 Å². The average Bonchev–Trinajstić information content (AvgIpc) is 2.48. The van der Waals surface area contributed by atoms with E-state index in [1.807, 2.05) is 25.1 Å². The Hall–Kier alpha value is -1.84. The molecule has 0 spiro atoms. The van der Waals surface area contributed by atoms with Crippen molar-refractivity contribution < 1.29 is 19.8 Å². The van der Waals surface area contributed by atoms with Gasteiger partial charge in [0, 0.05) is 0 Å². The van der Waals surface area contributed by atoms with Crippen LogP contribution in [-0.4, -0.2) is 22.2 Å². The van der Waals surface area contributed by atoms with Crippen molar-refractivity contribution in [2.45, 2.75) is 72.1 Å². The van der Waals surface area contributed by atoms with E-state index in [-0.39, 0.29) is 0 Å². The van der Waals surface area contributed by atoms with E-state index in [1.54, 1.807) is 0 Å². The number of aliphatic carboxylic acids is 2. The highest BCUT2D eigenvalue weighted by Crippen LogP contribution is 2.34. The fraction of sp³-hybridized carbons (Fsp3) is 0.619. The van der Waals surface area contributed by atoms with Crippen LogP contribution in [0.2, 0.25) is 0 Å². The van der Waals surface area contributed by atoms with E-state index in [9.17, 15) is 19.8 Å². The quantitative estimate of drug-likeness (QED) is 0.609. The van der Waals surface area contributed by atoms with Crippen LogP contribution in [0, 0.1) is 18.8 Å². The Morgan fingerprint density at radius 2 is 1.24 bits per heavy atom. The molecule has 2 N–H and O–H groups in total. The molecular weight excluding hydrogens is 316 g/mol. The molecule has 0 aliphatic heterocycles. The lowest BCUT2D eigenvalue weighted by molar-refractivity contribution is -0.140. The molecule has 2 unspecified atom stereocenters. The minimum atomic E-state index is -0.876. The number of carbonyl (C=O) groups is 2. The third-order valence-corrected chi connectivity index (χ3v) is 4.65. The first kappa shape index (κ1) is 21.2. The summed E-state index contributed by atoms with van der Waals surface area (Å²) in [5.74, 6) is -2.24. The summed E-state index contributed by atoms with van der Waals surface area (Å²) >= 11 is 0. The summed E-state index contributed by atoms with van der Waals surface area (Å²) < 4.78 is 0. The monoisotopic (exact) mass is 348 g/mol. The number of hydrogen-bond donors (Lipinski definition) is 2. The summed E-state index contributed by atoms with van der Waals surface area (Å²) in [5, 5.41) is 19.5. The highest BCUT2D eigenvalue weighted by molar-refractivity contribution is 5.80. The van der Waals surface area contributed by atoms with Crippen LogP contribution in [0.4, 0.5) is 0 Å². The van der Waals surface area contributed by atoms with Crippen molar-refractivity contribution in [3.63, 3.8) is 0 Å². The first-order valence-electron chi connectivity index (χ1n) is 9.19. The molecule has 0 saturated carbocycles. The zero-order chi connectivity index (χ0) is 19.1. The van der Waals surface area contributed by atoms with Crippen LogP contribution in [0.25, 0.3) is 0 Å². The van der Waals surface area contributed by atoms with Gasteiger partial charge in [0.1, 0.15) is 0 Å². The van der Waals surface area contributed by atoms with Crippen molar-refractivity contribution >= 4 is 11.9 Å². The fourth-order valence-corrected chi connectivity index (χ4v) is 3.14. The van der Waals surface area contributed by atoms with Crippen LogP contribution in [0.3, 0.4) is 0 Å².